The molecule has 242 valence electrons. The van der Waals surface area contributed by atoms with Crippen LogP contribution in [0, 0.1) is 11.7 Å². The molecule has 1 saturated carbocycles. The molecule has 4 fully saturated rings. The van der Waals surface area contributed by atoms with Gasteiger partial charge in [0, 0.05) is 69.1 Å². The number of piperidine rings is 2. The summed E-state index contributed by atoms with van der Waals surface area (Å²) in [6.45, 7) is 13.8. The molecule has 1 amide bonds. The van der Waals surface area contributed by atoms with E-state index in [2.05, 4.69) is 34.0 Å². The summed E-state index contributed by atoms with van der Waals surface area (Å²) in [5, 5.41) is 2.92. The third-order valence-corrected chi connectivity index (χ3v) is 13.4. The first-order chi connectivity index (χ1) is 21.0. The topological polar surface area (TPSA) is 88.6 Å². The number of nitrogens with one attached hydrogen (secondary N) is 1. The molecule has 6 rings (SSSR count). The molecule has 1 aromatic rings. The van der Waals surface area contributed by atoms with Crippen LogP contribution >= 0.6 is 0 Å². The summed E-state index contributed by atoms with van der Waals surface area (Å²) in [6, 6.07) is 7.19. The first-order valence-electron chi connectivity index (χ1n) is 16.5. The predicted molar refractivity (Wildman–Crippen MR) is 171 cm³/mol. The fourth-order valence-corrected chi connectivity index (χ4v) is 9.92. The standard InChI is InChI=1S/C33H49FN6O3S/c1-23-21-38(33(4)12-16-37(17-13-33)32(41)30-24(2)35-22-36-25(30)3)18-19-40(23)31(27-6-5-7-28(34)20-27)26-10-14-39(15-11-26)44(42,43)29-8-9-29/h5-7,20,22-24,26,29,31H,8-19,21H2,1-4H3,(H,35,36)/t23-,24?,31?/m0/s1. The van der Waals surface area contributed by atoms with E-state index in [1.807, 2.05) is 24.8 Å². The molecule has 1 aliphatic carbocycles. The zero-order chi connectivity index (χ0) is 31.2. The summed E-state index contributed by atoms with van der Waals surface area (Å²) in [6.07, 6.45) is 6.66. The van der Waals surface area contributed by atoms with Crippen molar-refractivity contribution < 1.29 is 17.6 Å². The molecule has 44 heavy (non-hydrogen) atoms. The van der Waals surface area contributed by atoms with Gasteiger partial charge >= 0.3 is 0 Å². The summed E-state index contributed by atoms with van der Waals surface area (Å²) in [5.74, 6) is 0.131. The summed E-state index contributed by atoms with van der Waals surface area (Å²) in [5.41, 5.74) is 2.65. The van der Waals surface area contributed by atoms with E-state index < -0.39 is 10.0 Å². The number of aliphatic imine (C=N–C) groups is 1. The average molecular weight is 629 g/mol. The van der Waals surface area contributed by atoms with E-state index in [1.54, 1.807) is 22.8 Å². The maximum absolute atomic E-state index is 14.5. The van der Waals surface area contributed by atoms with Gasteiger partial charge in [-0.15, -0.1) is 0 Å². The van der Waals surface area contributed by atoms with Crippen LogP contribution in [0.4, 0.5) is 4.39 Å². The minimum Gasteiger partial charge on any atom is -0.350 e. The van der Waals surface area contributed by atoms with E-state index >= 15 is 0 Å². The van der Waals surface area contributed by atoms with E-state index in [1.165, 1.54) is 6.07 Å². The lowest BCUT2D eigenvalue weighted by molar-refractivity contribution is -0.130. The van der Waals surface area contributed by atoms with Gasteiger partial charge in [-0.25, -0.2) is 17.1 Å². The van der Waals surface area contributed by atoms with Crippen LogP contribution in [0.5, 0.6) is 0 Å². The number of piperazine rings is 1. The van der Waals surface area contributed by atoms with Crippen LogP contribution in [-0.4, -0.2) is 108 Å². The molecule has 3 saturated heterocycles. The van der Waals surface area contributed by atoms with Crippen LogP contribution < -0.4 is 5.32 Å². The number of allylic oxidation sites excluding steroid dienone is 1. The molecule has 0 spiro atoms. The summed E-state index contributed by atoms with van der Waals surface area (Å²) >= 11 is 0. The highest BCUT2D eigenvalue weighted by atomic mass is 32.2. The van der Waals surface area contributed by atoms with Crippen molar-refractivity contribution in [2.24, 2.45) is 10.9 Å². The number of nitrogens with zero attached hydrogens (tertiary/aromatic N) is 5. The molecule has 4 heterocycles. The van der Waals surface area contributed by atoms with E-state index in [0.29, 0.717) is 13.1 Å². The summed E-state index contributed by atoms with van der Waals surface area (Å²) in [4.78, 5) is 25.0. The third kappa shape index (κ3) is 6.22. The Morgan fingerprint density at radius 2 is 1.75 bits per heavy atom. The number of likely N-dealkylation sites (tertiary alicyclic amines) is 1. The fourth-order valence-electron chi connectivity index (χ4n) is 8.05. The summed E-state index contributed by atoms with van der Waals surface area (Å²) < 4.78 is 42.0. The van der Waals surface area contributed by atoms with Gasteiger partial charge in [0.25, 0.3) is 5.91 Å². The Labute approximate surface area is 262 Å². The SMILES string of the molecule is CC1=C(C(=O)N2CCC(C)(N3CCN(C(c4cccc(F)c4)C4CCN(S(=O)(=O)C5CC5)CC4)[C@@H](C)C3)CC2)C(C)N=CN1. The second-order valence-electron chi connectivity index (χ2n) is 13.9. The van der Waals surface area contributed by atoms with Crippen molar-refractivity contribution in [1.82, 2.24) is 24.3 Å². The molecule has 3 atom stereocenters. The number of hydrogen-bond donors (Lipinski definition) is 1. The largest absolute Gasteiger partial charge is 0.350 e. The van der Waals surface area contributed by atoms with Gasteiger partial charge in [-0.05, 0) is 89.8 Å². The number of halogens is 1. The fraction of sp³-hybridized carbons (Fsp3) is 0.697. The number of hydrogen-bond acceptors (Lipinski definition) is 7. The zero-order valence-corrected chi connectivity index (χ0v) is 27.5. The molecule has 4 aliphatic heterocycles. The molecular weight excluding hydrogens is 579 g/mol. The molecule has 11 heteroatoms. The zero-order valence-electron chi connectivity index (χ0n) is 26.7. The average Bonchev–Trinajstić information content (AvgIpc) is 3.85. The Balaban J connectivity index is 1.12. The molecule has 2 unspecified atom stereocenters. The van der Waals surface area contributed by atoms with Crippen LogP contribution in [0.3, 0.4) is 0 Å². The second kappa shape index (κ2) is 12.5. The smallest absolute Gasteiger partial charge is 0.253 e. The second-order valence-corrected chi connectivity index (χ2v) is 16.2. The Bertz CT molecular complexity index is 1400. The lowest BCUT2D eigenvalue weighted by Crippen LogP contribution is -2.63. The van der Waals surface area contributed by atoms with E-state index in [9.17, 15) is 17.6 Å². The minimum absolute atomic E-state index is 0.00595. The molecular formula is C33H49FN6O3S. The van der Waals surface area contributed by atoms with Gasteiger partial charge in [0.15, 0.2) is 0 Å². The Morgan fingerprint density at radius 1 is 1.05 bits per heavy atom. The van der Waals surface area contributed by atoms with Crippen molar-refractivity contribution in [3.63, 3.8) is 0 Å². The third-order valence-electron chi connectivity index (χ3n) is 11.0. The van der Waals surface area contributed by atoms with Crippen molar-refractivity contribution in [3.8, 4) is 0 Å². The highest BCUT2D eigenvalue weighted by molar-refractivity contribution is 7.90. The van der Waals surface area contributed by atoms with E-state index in [0.717, 1.165) is 88.1 Å². The predicted octanol–water partition coefficient (Wildman–Crippen LogP) is 3.75. The monoisotopic (exact) mass is 628 g/mol. The lowest BCUT2D eigenvalue weighted by atomic mass is 9.82. The van der Waals surface area contributed by atoms with Crippen molar-refractivity contribution in [2.45, 2.75) is 95.1 Å². The minimum atomic E-state index is -3.18. The Morgan fingerprint density at radius 3 is 2.36 bits per heavy atom. The van der Waals surface area contributed by atoms with E-state index in [-0.39, 0.29) is 46.6 Å². The van der Waals surface area contributed by atoms with Crippen LogP contribution in [-0.2, 0) is 14.8 Å². The normalized spacial score (nSPS) is 28.6. The van der Waals surface area contributed by atoms with Gasteiger partial charge in [0.05, 0.1) is 23.2 Å². The van der Waals surface area contributed by atoms with E-state index in [4.69, 9.17) is 0 Å². The number of sulfonamides is 1. The van der Waals surface area contributed by atoms with Crippen molar-refractivity contribution in [3.05, 3.63) is 46.9 Å². The Kier molecular flexibility index (Phi) is 8.95. The lowest BCUT2D eigenvalue weighted by Gasteiger charge is -2.54. The van der Waals surface area contributed by atoms with Crippen molar-refractivity contribution >= 4 is 22.3 Å². The molecule has 1 N–H and O–H groups in total. The maximum Gasteiger partial charge on any atom is 0.253 e. The first kappa shape index (κ1) is 31.6. The molecule has 5 aliphatic rings. The van der Waals surface area contributed by atoms with Crippen molar-refractivity contribution in [2.75, 3.05) is 45.8 Å². The van der Waals surface area contributed by atoms with Gasteiger partial charge in [0.1, 0.15) is 5.82 Å². The van der Waals surface area contributed by atoms with Crippen LogP contribution in [0.15, 0.2) is 40.5 Å². The molecule has 0 bridgehead atoms. The number of rotatable bonds is 7. The van der Waals surface area contributed by atoms with Gasteiger partial charge in [-0.3, -0.25) is 19.6 Å². The quantitative estimate of drug-likeness (QED) is 0.495. The van der Waals surface area contributed by atoms with Crippen LogP contribution in [0.2, 0.25) is 0 Å². The number of carbonyl (C=O) groups excluding carboxylic acids is 1. The number of amides is 1. The van der Waals surface area contributed by atoms with Gasteiger partial charge in [-0.1, -0.05) is 12.1 Å². The number of benzene rings is 1. The molecule has 1 aromatic carbocycles. The van der Waals surface area contributed by atoms with Crippen molar-refractivity contribution in [1.29, 1.82) is 0 Å². The molecule has 0 radical (unpaired) electrons. The highest BCUT2D eigenvalue weighted by Gasteiger charge is 2.45. The molecule has 0 aromatic heterocycles. The van der Waals surface area contributed by atoms with Gasteiger partial charge < -0.3 is 10.2 Å². The summed E-state index contributed by atoms with van der Waals surface area (Å²) in [7, 11) is -3.18. The number of carbonyl (C=O) groups is 1. The maximum atomic E-state index is 14.5. The van der Waals surface area contributed by atoms with Gasteiger partial charge in [0.2, 0.25) is 10.0 Å². The van der Waals surface area contributed by atoms with Gasteiger partial charge in [-0.2, -0.15) is 0 Å². The van der Waals surface area contributed by atoms with Crippen LogP contribution in [0.1, 0.15) is 77.8 Å². The highest BCUT2D eigenvalue weighted by Crippen LogP contribution is 2.41. The molecule has 9 nitrogen and oxygen atoms in total. The van der Waals surface area contributed by atoms with Crippen LogP contribution in [0.25, 0.3) is 0 Å². The Hall–Kier alpha value is -2.34. The first-order valence-corrected chi connectivity index (χ1v) is 18.0.